The van der Waals surface area contributed by atoms with Crippen LogP contribution in [0.15, 0.2) is 51.6 Å². The van der Waals surface area contributed by atoms with Gasteiger partial charge in [0.05, 0.1) is 16.4 Å². The van der Waals surface area contributed by atoms with Crippen molar-refractivity contribution in [3.05, 3.63) is 63.1 Å². The van der Waals surface area contributed by atoms with Crippen LogP contribution in [0.1, 0.15) is 12.0 Å². The highest BCUT2D eigenvalue weighted by molar-refractivity contribution is 5.60. The maximum atomic E-state index is 4.75. The molecule has 0 N–H and O–H groups in total. The summed E-state index contributed by atoms with van der Waals surface area (Å²) in [6.45, 7) is 0. The molecule has 0 saturated carbocycles. The van der Waals surface area contributed by atoms with Crippen LogP contribution in [0.2, 0.25) is 0 Å². The first-order chi connectivity index (χ1) is 8.93. The van der Waals surface area contributed by atoms with E-state index >= 15 is 0 Å². The molecule has 0 atom stereocenters. The minimum Gasteiger partial charge on any atom is -0.247 e. The van der Waals surface area contributed by atoms with Gasteiger partial charge in [-0.05, 0) is 31.0 Å². The molecule has 0 bridgehead atoms. The molecule has 2 aliphatic heterocycles. The molecule has 0 fully saturated rings. The monoisotopic (exact) mass is 233 g/mol. The van der Waals surface area contributed by atoms with Crippen molar-refractivity contribution in [1.29, 1.82) is 0 Å². The highest BCUT2D eigenvalue weighted by Gasteiger charge is 2.11. The van der Waals surface area contributed by atoms with E-state index in [0.29, 0.717) is 0 Å². The van der Waals surface area contributed by atoms with Crippen LogP contribution in [0, 0.1) is 10.4 Å². The predicted molar refractivity (Wildman–Crippen MR) is 69.3 cm³/mol. The highest BCUT2D eigenvalue weighted by Crippen LogP contribution is 2.22. The van der Waals surface area contributed by atoms with E-state index in [1.165, 1.54) is 16.0 Å². The normalized spacial score (nSPS) is 14.9. The minimum absolute atomic E-state index is 0.929. The van der Waals surface area contributed by atoms with E-state index in [1.54, 1.807) is 0 Å². The summed E-state index contributed by atoms with van der Waals surface area (Å²) >= 11 is 0. The molecular formula is C15H11N3. The van der Waals surface area contributed by atoms with Crippen LogP contribution < -0.4 is 10.7 Å². The lowest BCUT2D eigenvalue weighted by molar-refractivity contribution is 1.03. The molecule has 2 aromatic rings. The Morgan fingerprint density at radius 1 is 0.889 bits per heavy atom. The lowest BCUT2D eigenvalue weighted by Crippen LogP contribution is -2.08. The Kier molecular flexibility index (Phi) is 1.94. The quantitative estimate of drug-likeness (QED) is 0.567. The summed E-state index contributed by atoms with van der Waals surface area (Å²) in [5, 5.41) is 12.7. The summed E-state index contributed by atoms with van der Waals surface area (Å²) in [5.41, 5.74) is 2.31. The van der Waals surface area contributed by atoms with Gasteiger partial charge in [0, 0.05) is 22.2 Å². The summed E-state index contributed by atoms with van der Waals surface area (Å²) in [5.74, 6) is 0. The molecule has 0 spiro atoms. The van der Waals surface area contributed by atoms with Gasteiger partial charge in [0.1, 0.15) is 0 Å². The molecule has 0 amide bonds. The molecule has 0 unspecified atom stereocenters. The van der Waals surface area contributed by atoms with Gasteiger partial charge in [0.15, 0.2) is 0 Å². The number of nitrogens with zero attached hydrogens (tertiary/aromatic N) is 3. The lowest BCUT2D eigenvalue weighted by Gasteiger charge is -2.01. The number of benzene rings is 2. The summed E-state index contributed by atoms with van der Waals surface area (Å²) in [7, 11) is 0. The molecule has 2 heterocycles. The number of hydrogen-bond donors (Lipinski definition) is 0. The van der Waals surface area contributed by atoms with Crippen molar-refractivity contribution in [2.24, 2.45) is 15.2 Å². The third kappa shape index (κ3) is 1.27. The zero-order valence-electron chi connectivity index (χ0n) is 9.80. The van der Waals surface area contributed by atoms with E-state index in [2.05, 4.69) is 40.5 Å². The van der Waals surface area contributed by atoms with Gasteiger partial charge in [-0.1, -0.05) is 18.2 Å². The van der Waals surface area contributed by atoms with E-state index in [1.807, 2.05) is 12.3 Å². The van der Waals surface area contributed by atoms with Gasteiger partial charge in [-0.15, -0.1) is 0 Å². The first-order valence-electron chi connectivity index (χ1n) is 6.13. The van der Waals surface area contributed by atoms with Gasteiger partial charge in [-0.3, -0.25) is 0 Å². The zero-order valence-corrected chi connectivity index (χ0v) is 9.80. The van der Waals surface area contributed by atoms with Crippen LogP contribution in [0.3, 0.4) is 0 Å². The molecule has 2 aromatic carbocycles. The Morgan fingerprint density at radius 3 is 2.83 bits per heavy atom. The Hall–Kier alpha value is -2.29. The number of fused-ring (bicyclic) bond motifs is 4. The van der Waals surface area contributed by atoms with Gasteiger partial charge < -0.3 is 0 Å². The van der Waals surface area contributed by atoms with E-state index in [-0.39, 0.29) is 0 Å². The van der Waals surface area contributed by atoms with Crippen LogP contribution in [0.4, 0.5) is 5.69 Å². The molecule has 3 heteroatoms. The second kappa shape index (κ2) is 3.60. The van der Waals surface area contributed by atoms with Gasteiger partial charge in [0.2, 0.25) is 0 Å². The SMILES string of the molecule is C1=NN=c2ccc3c(c2CC1)N=c1ccccc1=3. The summed E-state index contributed by atoms with van der Waals surface area (Å²) in [6, 6.07) is 12.4. The molecule has 18 heavy (non-hydrogen) atoms. The molecule has 3 nitrogen and oxygen atoms in total. The Balaban J connectivity index is 2.21. The fourth-order valence-electron chi connectivity index (χ4n) is 2.60. The third-order valence-electron chi connectivity index (χ3n) is 3.46. The number of hydrogen-bond acceptors (Lipinski definition) is 3. The zero-order chi connectivity index (χ0) is 11.9. The van der Waals surface area contributed by atoms with Gasteiger partial charge in [0.25, 0.3) is 0 Å². The van der Waals surface area contributed by atoms with Crippen molar-refractivity contribution in [2.45, 2.75) is 12.8 Å². The molecule has 0 aromatic heterocycles. The number of para-hydroxylation sites is 1. The molecule has 86 valence electrons. The maximum absolute atomic E-state index is 4.75. The maximum Gasteiger partial charge on any atom is 0.0910 e. The average molecular weight is 233 g/mol. The van der Waals surface area contributed by atoms with Crippen LogP contribution in [-0.4, -0.2) is 6.21 Å². The van der Waals surface area contributed by atoms with Crippen LogP contribution >= 0.6 is 0 Å². The van der Waals surface area contributed by atoms with Crippen LogP contribution in [0.5, 0.6) is 0 Å². The van der Waals surface area contributed by atoms with E-state index in [4.69, 9.17) is 4.99 Å². The van der Waals surface area contributed by atoms with Crippen molar-refractivity contribution in [3.63, 3.8) is 0 Å². The minimum atomic E-state index is 0.929. The fraction of sp³-hybridized carbons (Fsp3) is 0.133. The lowest BCUT2D eigenvalue weighted by atomic mass is 10.1. The highest BCUT2D eigenvalue weighted by atomic mass is 15.2. The van der Waals surface area contributed by atoms with E-state index in [0.717, 1.165) is 29.2 Å². The van der Waals surface area contributed by atoms with Crippen LogP contribution in [-0.2, 0) is 6.42 Å². The van der Waals surface area contributed by atoms with Crippen LogP contribution in [0.25, 0.3) is 0 Å². The van der Waals surface area contributed by atoms with Crippen molar-refractivity contribution < 1.29 is 0 Å². The Bertz CT molecular complexity index is 879. The molecule has 2 aliphatic rings. The summed E-state index contributed by atoms with van der Waals surface area (Å²) < 4.78 is 0. The van der Waals surface area contributed by atoms with Crippen molar-refractivity contribution in [1.82, 2.24) is 0 Å². The Morgan fingerprint density at radius 2 is 1.83 bits per heavy atom. The van der Waals surface area contributed by atoms with Crippen molar-refractivity contribution in [3.8, 4) is 0 Å². The summed E-state index contributed by atoms with van der Waals surface area (Å²) in [4.78, 5) is 4.75. The second-order valence-electron chi connectivity index (χ2n) is 4.53. The smallest absolute Gasteiger partial charge is 0.0910 e. The van der Waals surface area contributed by atoms with E-state index in [9.17, 15) is 0 Å². The predicted octanol–water partition coefficient (Wildman–Crippen LogP) is 1.79. The summed E-state index contributed by atoms with van der Waals surface area (Å²) in [6.07, 6.45) is 3.76. The number of rotatable bonds is 0. The van der Waals surface area contributed by atoms with E-state index < -0.39 is 0 Å². The molecule has 0 saturated heterocycles. The van der Waals surface area contributed by atoms with Crippen molar-refractivity contribution >= 4 is 11.9 Å². The first-order valence-corrected chi connectivity index (χ1v) is 6.13. The van der Waals surface area contributed by atoms with Gasteiger partial charge in [-0.25, -0.2) is 4.99 Å². The largest absolute Gasteiger partial charge is 0.247 e. The Labute approximate surface area is 104 Å². The molecule has 4 rings (SSSR count). The van der Waals surface area contributed by atoms with Gasteiger partial charge in [-0.2, -0.15) is 10.2 Å². The first kappa shape index (κ1) is 9.71. The molecular weight excluding hydrogens is 222 g/mol. The second-order valence-corrected chi connectivity index (χ2v) is 4.53. The standard InChI is InChI=1S/C15H11N3/c1-2-6-13-10(4-1)11-7-8-14-12(15(11)17-13)5-3-9-16-18-14/h1-2,4,6-9H,3,5H2. The van der Waals surface area contributed by atoms with Gasteiger partial charge >= 0.3 is 0 Å². The average Bonchev–Trinajstić information content (AvgIpc) is 2.62. The molecule has 0 radical (unpaired) electrons. The topological polar surface area (TPSA) is 37.1 Å². The van der Waals surface area contributed by atoms with Crippen molar-refractivity contribution in [2.75, 3.05) is 0 Å². The fourth-order valence-corrected chi connectivity index (χ4v) is 2.60. The third-order valence-corrected chi connectivity index (χ3v) is 3.46. The molecule has 0 aliphatic carbocycles.